The molecule has 0 atom stereocenters. The zero-order valence-corrected chi connectivity index (χ0v) is 9.25. The summed E-state index contributed by atoms with van der Waals surface area (Å²) in [6.07, 6.45) is 2.53. The van der Waals surface area contributed by atoms with Crippen LogP contribution in [0.15, 0.2) is 36.4 Å². The first-order valence-electron chi connectivity index (χ1n) is 5.05. The fraction of sp³-hybridized carbons (Fsp3) is 0.0769. The highest BCUT2D eigenvalue weighted by atomic mass is 16.5. The minimum absolute atomic E-state index is 0.616. The molecule has 0 aliphatic heterocycles. The third-order valence-electron chi connectivity index (χ3n) is 2.31. The van der Waals surface area contributed by atoms with Gasteiger partial charge in [0.05, 0.1) is 18.3 Å². The molecule has 0 fully saturated rings. The zero-order valence-electron chi connectivity index (χ0n) is 9.25. The van der Waals surface area contributed by atoms with E-state index in [-0.39, 0.29) is 0 Å². The Morgan fingerprint density at radius 3 is 2.88 bits per heavy atom. The van der Waals surface area contributed by atoms with Crippen molar-refractivity contribution in [3.05, 3.63) is 42.1 Å². The van der Waals surface area contributed by atoms with Crippen molar-refractivity contribution in [2.45, 2.75) is 0 Å². The molecule has 2 aromatic rings. The third kappa shape index (κ3) is 2.60. The molecule has 2 rings (SSSR count). The first-order chi connectivity index (χ1) is 8.19. The van der Waals surface area contributed by atoms with Crippen molar-refractivity contribution in [3.8, 4) is 5.75 Å². The second kappa shape index (κ2) is 4.65. The van der Waals surface area contributed by atoms with Gasteiger partial charge in [-0.1, -0.05) is 6.07 Å². The van der Waals surface area contributed by atoms with Crippen LogP contribution in [0.3, 0.4) is 0 Å². The molecule has 0 spiro atoms. The number of hydrogen-bond acceptors (Lipinski definition) is 3. The van der Waals surface area contributed by atoms with Gasteiger partial charge in [-0.25, -0.2) is 9.78 Å². The topological polar surface area (TPSA) is 59.4 Å². The lowest BCUT2D eigenvalue weighted by Crippen LogP contribution is -1.88. The van der Waals surface area contributed by atoms with Gasteiger partial charge in [0.2, 0.25) is 0 Å². The number of aromatic nitrogens is 1. The van der Waals surface area contributed by atoms with Crippen LogP contribution in [0.2, 0.25) is 0 Å². The van der Waals surface area contributed by atoms with Crippen LogP contribution in [0.1, 0.15) is 5.69 Å². The molecule has 1 aromatic carbocycles. The van der Waals surface area contributed by atoms with Crippen molar-refractivity contribution in [2.75, 3.05) is 7.11 Å². The van der Waals surface area contributed by atoms with E-state index in [1.54, 1.807) is 13.2 Å². The van der Waals surface area contributed by atoms with Gasteiger partial charge in [-0.15, -0.1) is 0 Å². The Labute approximate surface area is 98.2 Å². The Morgan fingerprint density at radius 2 is 2.18 bits per heavy atom. The molecule has 17 heavy (non-hydrogen) atoms. The number of aliphatic carboxylic acids is 1. The molecule has 0 aliphatic rings. The molecule has 86 valence electrons. The number of pyridine rings is 1. The quantitative estimate of drug-likeness (QED) is 0.820. The van der Waals surface area contributed by atoms with Gasteiger partial charge in [-0.05, 0) is 30.3 Å². The van der Waals surface area contributed by atoms with Crippen molar-refractivity contribution in [1.82, 2.24) is 4.98 Å². The van der Waals surface area contributed by atoms with E-state index in [0.29, 0.717) is 5.69 Å². The first-order valence-corrected chi connectivity index (χ1v) is 5.05. The average molecular weight is 229 g/mol. The zero-order chi connectivity index (χ0) is 12.3. The van der Waals surface area contributed by atoms with Crippen molar-refractivity contribution in [3.63, 3.8) is 0 Å². The van der Waals surface area contributed by atoms with Gasteiger partial charge < -0.3 is 9.84 Å². The first kappa shape index (κ1) is 11.1. The number of carboxylic acid groups (broad SMARTS) is 1. The Morgan fingerprint density at radius 1 is 1.35 bits per heavy atom. The fourth-order valence-electron chi connectivity index (χ4n) is 1.50. The van der Waals surface area contributed by atoms with E-state index in [9.17, 15) is 4.79 Å². The molecule has 1 N–H and O–H groups in total. The summed E-state index contributed by atoms with van der Waals surface area (Å²) in [4.78, 5) is 14.7. The summed E-state index contributed by atoms with van der Waals surface area (Å²) in [5, 5.41) is 9.48. The molecule has 0 aliphatic carbocycles. The lowest BCUT2D eigenvalue weighted by atomic mass is 10.2. The number of rotatable bonds is 3. The highest BCUT2D eigenvalue weighted by Crippen LogP contribution is 2.19. The van der Waals surface area contributed by atoms with Crippen LogP contribution in [0, 0.1) is 0 Å². The maximum Gasteiger partial charge on any atom is 0.328 e. The van der Waals surface area contributed by atoms with Crippen molar-refractivity contribution in [1.29, 1.82) is 0 Å². The Hall–Kier alpha value is -2.36. The lowest BCUT2D eigenvalue weighted by Gasteiger charge is -2.02. The fourth-order valence-corrected chi connectivity index (χ4v) is 1.50. The summed E-state index contributed by atoms with van der Waals surface area (Å²) in [5.74, 6) is -0.213. The third-order valence-corrected chi connectivity index (χ3v) is 2.31. The highest BCUT2D eigenvalue weighted by molar-refractivity contribution is 5.86. The van der Waals surface area contributed by atoms with Crippen LogP contribution in [-0.4, -0.2) is 23.2 Å². The number of fused-ring (bicyclic) bond motifs is 1. The van der Waals surface area contributed by atoms with E-state index >= 15 is 0 Å². The molecular weight excluding hydrogens is 218 g/mol. The van der Waals surface area contributed by atoms with Crippen molar-refractivity contribution < 1.29 is 14.6 Å². The van der Waals surface area contributed by atoms with Gasteiger partial charge in [0.1, 0.15) is 5.75 Å². The summed E-state index contributed by atoms with van der Waals surface area (Å²) in [6.45, 7) is 0. The largest absolute Gasteiger partial charge is 0.497 e. The maximum absolute atomic E-state index is 10.4. The Balaban J connectivity index is 2.41. The molecule has 0 radical (unpaired) electrons. The smallest absolute Gasteiger partial charge is 0.328 e. The Bertz CT molecular complexity index is 590. The number of benzene rings is 1. The Kier molecular flexibility index (Phi) is 3.05. The average Bonchev–Trinajstić information content (AvgIpc) is 2.35. The second-order valence-electron chi connectivity index (χ2n) is 3.47. The predicted molar refractivity (Wildman–Crippen MR) is 65.0 cm³/mol. The summed E-state index contributed by atoms with van der Waals surface area (Å²) in [5.41, 5.74) is 1.42. The highest BCUT2D eigenvalue weighted by Gasteiger charge is 1.98. The normalized spacial score (nSPS) is 10.9. The molecule has 0 unspecified atom stereocenters. The van der Waals surface area contributed by atoms with Gasteiger partial charge in [0, 0.05) is 11.5 Å². The molecule has 0 saturated heterocycles. The van der Waals surface area contributed by atoms with E-state index in [1.807, 2.05) is 24.3 Å². The van der Waals surface area contributed by atoms with E-state index in [0.717, 1.165) is 22.7 Å². The monoisotopic (exact) mass is 229 g/mol. The number of nitrogens with zero attached hydrogens (tertiary/aromatic N) is 1. The number of ether oxygens (including phenoxy) is 1. The van der Waals surface area contributed by atoms with E-state index < -0.39 is 5.97 Å². The number of carboxylic acids is 1. The van der Waals surface area contributed by atoms with Gasteiger partial charge in [-0.2, -0.15) is 0 Å². The van der Waals surface area contributed by atoms with Crippen LogP contribution in [0.25, 0.3) is 17.0 Å². The van der Waals surface area contributed by atoms with Crippen LogP contribution in [0.5, 0.6) is 5.75 Å². The standard InChI is InChI=1S/C13H11NO3/c1-17-11-5-6-12-9(8-11)2-3-10(14-12)4-7-13(15)16/h2-8H,1H3,(H,15,16). The van der Waals surface area contributed by atoms with Crippen LogP contribution >= 0.6 is 0 Å². The van der Waals surface area contributed by atoms with Crippen molar-refractivity contribution in [2.24, 2.45) is 0 Å². The summed E-state index contributed by atoms with van der Waals surface area (Å²) < 4.78 is 5.11. The number of carbonyl (C=O) groups is 1. The molecular formula is C13H11NO3. The SMILES string of the molecule is COc1ccc2nc(C=CC(=O)O)ccc2c1. The molecule has 0 saturated carbocycles. The van der Waals surface area contributed by atoms with E-state index in [4.69, 9.17) is 9.84 Å². The molecule has 1 heterocycles. The molecule has 0 amide bonds. The minimum atomic E-state index is -0.985. The maximum atomic E-state index is 10.4. The molecule has 4 nitrogen and oxygen atoms in total. The van der Waals surface area contributed by atoms with Crippen LogP contribution in [-0.2, 0) is 4.79 Å². The van der Waals surface area contributed by atoms with Gasteiger partial charge in [0.25, 0.3) is 0 Å². The van der Waals surface area contributed by atoms with Gasteiger partial charge >= 0.3 is 5.97 Å². The molecule has 1 aromatic heterocycles. The van der Waals surface area contributed by atoms with Crippen LogP contribution in [0.4, 0.5) is 0 Å². The van der Waals surface area contributed by atoms with Gasteiger partial charge in [0.15, 0.2) is 0 Å². The second-order valence-corrected chi connectivity index (χ2v) is 3.47. The summed E-state index contributed by atoms with van der Waals surface area (Å²) >= 11 is 0. The summed E-state index contributed by atoms with van der Waals surface area (Å²) in [7, 11) is 1.61. The summed E-state index contributed by atoms with van der Waals surface area (Å²) in [6, 6.07) is 9.19. The minimum Gasteiger partial charge on any atom is -0.497 e. The number of hydrogen-bond donors (Lipinski definition) is 1. The van der Waals surface area contributed by atoms with Gasteiger partial charge in [-0.3, -0.25) is 0 Å². The molecule has 0 bridgehead atoms. The number of methoxy groups -OCH3 is 1. The van der Waals surface area contributed by atoms with E-state index in [2.05, 4.69) is 4.98 Å². The lowest BCUT2D eigenvalue weighted by molar-refractivity contribution is -0.131. The molecule has 4 heteroatoms. The van der Waals surface area contributed by atoms with Crippen molar-refractivity contribution >= 4 is 22.9 Å². The predicted octanol–water partition coefficient (Wildman–Crippen LogP) is 2.34. The van der Waals surface area contributed by atoms with E-state index in [1.165, 1.54) is 6.08 Å². The van der Waals surface area contributed by atoms with Crippen LogP contribution < -0.4 is 4.74 Å².